The molecule has 0 saturated carbocycles. The van der Waals surface area contributed by atoms with Crippen molar-refractivity contribution >= 4 is 17.3 Å². The molecule has 0 amide bonds. The van der Waals surface area contributed by atoms with E-state index in [9.17, 15) is 0 Å². The Morgan fingerprint density at radius 1 is 1.50 bits per heavy atom. The first-order valence-electron chi connectivity index (χ1n) is 3.00. The predicted octanol–water partition coefficient (Wildman–Crippen LogP) is 1.93. The number of aryl methyl sites for hydroxylation is 1. The van der Waals surface area contributed by atoms with Crippen LogP contribution >= 0.6 is 11.6 Å². The van der Waals surface area contributed by atoms with Gasteiger partial charge in [-0.15, -0.1) is 0 Å². The molecule has 0 radical (unpaired) electrons. The number of nitrogens with zero attached hydrogens (tertiary/aromatic N) is 1. The molecule has 0 aliphatic rings. The molecule has 0 saturated heterocycles. The number of nitrogens with two attached hydrogens (primary N) is 1. The van der Waals surface area contributed by atoms with Crippen LogP contribution in [-0.4, -0.2) is 4.98 Å². The Morgan fingerprint density at radius 2 is 2.10 bits per heavy atom. The van der Waals surface area contributed by atoms with E-state index in [1.54, 1.807) is 6.20 Å². The largest absolute Gasteiger partial charge is 0.398 e. The van der Waals surface area contributed by atoms with Crippen LogP contribution in [0.3, 0.4) is 0 Å². The van der Waals surface area contributed by atoms with Gasteiger partial charge in [0, 0.05) is 17.4 Å². The molecule has 2 nitrogen and oxygen atoms in total. The molecule has 0 bridgehead atoms. The van der Waals surface area contributed by atoms with E-state index in [1.807, 2.05) is 13.8 Å². The molecule has 0 aliphatic heterocycles. The molecule has 0 aliphatic carbocycles. The monoisotopic (exact) mass is 156 g/mol. The number of nitrogen functional groups attached to an aromatic ring is 1. The fourth-order valence-electron chi connectivity index (χ4n) is 0.727. The molecule has 1 heterocycles. The molecule has 1 aromatic rings. The smallest absolute Gasteiger partial charge is 0.133 e. The van der Waals surface area contributed by atoms with Crippen LogP contribution in [0.15, 0.2) is 6.20 Å². The van der Waals surface area contributed by atoms with E-state index in [2.05, 4.69) is 4.98 Å². The number of hydrogen-bond donors (Lipinski definition) is 1. The minimum Gasteiger partial charge on any atom is -0.398 e. The summed E-state index contributed by atoms with van der Waals surface area (Å²) < 4.78 is 0. The van der Waals surface area contributed by atoms with Gasteiger partial charge in [-0.2, -0.15) is 0 Å². The van der Waals surface area contributed by atoms with E-state index >= 15 is 0 Å². The average Bonchev–Trinajstić information content (AvgIpc) is 1.93. The Kier molecular flexibility index (Phi) is 1.81. The van der Waals surface area contributed by atoms with Crippen molar-refractivity contribution in [1.29, 1.82) is 0 Å². The zero-order chi connectivity index (χ0) is 7.72. The van der Waals surface area contributed by atoms with Crippen LogP contribution in [-0.2, 0) is 0 Å². The Balaban J connectivity index is 3.34. The fourth-order valence-corrected chi connectivity index (χ4v) is 0.877. The van der Waals surface area contributed by atoms with E-state index < -0.39 is 0 Å². The van der Waals surface area contributed by atoms with Gasteiger partial charge in [-0.1, -0.05) is 11.6 Å². The van der Waals surface area contributed by atoms with Crippen LogP contribution in [0.1, 0.15) is 11.1 Å². The van der Waals surface area contributed by atoms with Crippen molar-refractivity contribution < 1.29 is 0 Å². The molecule has 0 spiro atoms. The van der Waals surface area contributed by atoms with Crippen molar-refractivity contribution in [3.63, 3.8) is 0 Å². The molecule has 0 unspecified atom stereocenters. The highest BCUT2D eigenvalue weighted by molar-refractivity contribution is 6.30. The van der Waals surface area contributed by atoms with Crippen molar-refractivity contribution in [1.82, 2.24) is 4.98 Å². The lowest BCUT2D eigenvalue weighted by atomic mass is 10.2. The lowest BCUT2D eigenvalue weighted by Crippen LogP contribution is -1.95. The van der Waals surface area contributed by atoms with Gasteiger partial charge in [0.05, 0.1) is 0 Å². The summed E-state index contributed by atoms with van der Waals surface area (Å²) in [5.41, 5.74) is 8.23. The summed E-state index contributed by atoms with van der Waals surface area (Å²) in [5.74, 6) is 0. The summed E-state index contributed by atoms with van der Waals surface area (Å²) in [6, 6.07) is 0. The van der Waals surface area contributed by atoms with Crippen molar-refractivity contribution in [3.8, 4) is 0 Å². The number of pyridine rings is 1. The first-order chi connectivity index (χ1) is 4.63. The van der Waals surface area contributed by atoms with E-state index in [0.717, 1.165) is 16.8 Å². The van der Waals surface area contributed by atoms with Crippen molar-refractivity contribution in [2.24, 2.45) is 0 Å². The van der Waals surface area contributed by atoms with Crippen LogP contribution in [0.5, 0.6) is 0 Å². The number of aromatic nitrogens is 1. The van der Waals surface area contributed by atoms with Crippen molar-refractivity contribution in [2.45, 2.75) is 13.8 Å². The second kappa shape index (κ2) is 2.46. The summed E-state index contributed by atoms with van der Waals surface area (Å²) in [4.78, 5) is 3.92. The third-order valence-corrected chi connectivity index (χ3v) is 1.89. The molecule has 1 aromatic heterocycles. The van der Waals surface area contributed by atoms with Crippen LogP contribution in [0.2, 0.25) is 5.15 Å². The quantitative estimate of drug-likeness (QED) is 0.583. The molecule has 2 N–H and O–H groups in total. The van der Waals surface area contributed by atoms with Gasteiger partial charge in [0.2, 0.25) is 0 Å². The third-order valence-electron chi connectivity index (χ3n) is 1.51. The Morgan fingerprint density at radius 3 is 2.60 bits per heavy atom. The molecular formula is C7H9ClN2. The summed E-state index contributed by atoms with van der Waals surface area (Å²) in [6.07, 6.45) is 1.67. The third kappa shape index (κ3) is 1.07. The number of halogens is 1. The van der Waals surface area contributed by atoms with Crippen LogP contribution in [0.25, 0.3) is 0 Å². The van der Waals surface area contributed by atoms with Crippen molar-refractivity contribution in [2.75, 3.05) is 5.73 Å². The number of rotatable bonds is 0. The maximum atomic E-state index is 5.69. The first-order valence-corrected chi connectivity index (χ1v) is 3.38. The molecule has 0 fully saturated rings. The minimum atomic E-state index is 0.489. The second-order valence-corrected chi connectivity index (χ2v) is 2.63. The number of hydrogen-bond acceptors (Lipinski definition) is 2. The van der Waals surface area contributed by atoms with Gasteiger partial charge in [0.1, 0.15) is 5.15 Å². The standard InChI is InChI=1S/C7H9ClN2/c1-4-3-10-7(8)5(2)6(4)9/h3H,1-2H3,(H2,9,10). The van der Waals surface area contributed by atoms with Gasteiger partial charge in [-0.3, -0.25) is 0 Å². The second-order valence-electron chi connectivity index (χ2n) is 2.27. The molecule has 0 atom stereocenters. The van der Waals surface area contributed by atoms with E-state index in [0.29, 0.717) is 5.15 Å². The maximum Gasteiger partial charge on any atom is 0.133 e. The average molecular weight is 157 g/mol. The summed E-state index contributed by atoms with van der Waals surface area (Å²) >= 11 is 5.69. The highest BCUT2D eigenvalue weighted by Gasteiger charge is 2.01. The summed E-state index contributed by atoms with van der Waals surface area (Å²) in [6.45, 7) is 3.77. The van der Waals surface area contributed by atoms with Gasteiger partial charge < -0.3 is 5.73 Å². The molecule has 0 aromatic carbocycles. The highest BCUT2D eigenvalue weighted by atomic mass is 35.5. The topological polar surface area (TPSA) is 38.9 Å². The van der Waals surface area contributed by atoms with Gasteiger partial charge in [0.15, 0.2) is 0 Å². The fraction of sp³-hybridized carbons (Fsp3) is 0.286. The normalized spacial score (nSPS) is 9.90. The van der Waals surface area contributed by atoms with Gasteiger partial charge in [-0.25, -0.2) is 4.98 Å². The molecule has 1 rings (SSSR count). The minimum absolute atomic E-state index is 0.489. The SMILES string of the molecule is Cc1cnc(Cl)c(C)c1N. The Bertz CT molecular complexity index is 231. The van der Waals surface area contributed by atoms with Gasteiger partial charge >= 0.3 is 0 Å². The highest BCUT2D eigenvalue weighted by Crippen LogP contribution is 2.20. The van der Waals surface area contributed by atoms with E-state index in [4.69, 9.17) is 17.3 Å². The van der Waals surface area contributed by atoms with E-state index in [-0.39, 0.29) is 0 Å². The maximum absolute atomic E-state index is 5.69. The zero-order valence-corrected chi connectivity index (χ0v) is 6.74. The Labute approximate surface area is 65.0 Å². The molecular weight excluding hydrogens is 148 g/mol. The number of anilines is 1. The van der Waals surface area contributed by atoms with Crippen LogP contribution < -0.4 is 5.73 Å². The Hall–Kier alpha value is -0.760. The van der Waals surface area contributed by atoms with Crippen molar-refractivity contribution in [3.05, 3.63) is 22.5 Å². The first kappa shape index (κ1) is 7.35. The molecule has 10 heavy (non-hydrogen) atoms. The van der Waals surface area contributed by atoms with Gasteiger partial charge in [0.25, 0.3) is 0 Å². The molecule has 54 valence electrons. The zero-order valence-electron chi connectivity index (χ0n) is 5.98. The lowest BCUT2D eigenvalue weighted by molar-refractivity contribution is 1.23. The van der Waals surface area contributed by atoms with E-state index in [1.165, 1.54) is 0 Å². The lowest BCUT2D eigenvalue weighted by Gasteiger charge is -2.03. The predicted molar refractivity (Wildman–Crippen MR) is 43.1 cm³/mol. The summed E-state index contributed by atoms with van der Waals surface area (Å²) in [7, 11) is 0. The molecule has 3 heteroatoms. The van der Waals surface area contributed by atoms with Gasteiger partial charge in [-0.05, 0) is 19.4 Å². The van der Waals surface area contributed by atoms with Crippen LogP contribution in [0.4, 0.5) is 5.69 Å². The van der Waals surface area contributed by atoms with Crippen LogP contribution in [0, 0.1) is 13.8 Å². The summed E-state index contributed by atoms with van der Waals surface area (Å²) in [5, 5.41) is 0.489.